The first-order valence-electron chi connectivity index (χ1n) is 14.7. The number of anilines is 1. The monoisotopic (exact) mass is 566 g/mol. The number of hydrogen-bond donors (Lipinski definition) is 2. The summed E-state index contributed by atoms with van der Waals surface area (Å²) in [4.78, 5) is 37.9. The average molecular weight is 567 g/mol. The number of amidine groups is 1. The SMILES string of the molecule is CCCN(C)CCC.NC1=Nc2cc(C(=O)Nc3cnc4c(c3)CN(Cc3ccccc3)CC4)ccc2C=C(C=O)C1. The van der Waals surface area contributed by atoms with Gasteiger partial charge in [-0.25, -0.2) is 4.99 Å². The Kier molecular flexibility index (Phi) is 11.1. The van der Waals surface area contributed by atoms with Gasteiger partial charge in [-0.1, -0.05) is 50.2 Å². The minimum absolute atomic E-state index is 0.251. The molecule has 2 aromatic carbocycles. The summed E-state index contributed by atoms with van der Waals surface area (Å²) in [7, 11) is 2.17. The van der Waals surface area contributed by atoms with Gasteiger partial charge in [0.1, 0.15) is 12.1 Å². The molecule has 220 valence electrons. The van der Waals surface area contributed by atoms with Gasteiger partial charge in [0.05, 0.1) is 17.6 Å². The van der Waals surface area contributed by atoms with Crippen molar-refractivity contribution in [1.82, 2.24) is 14.8 Å². The van der Waals surface area contributed by atoms with Gasteiger partial charge in [-0.15, -0.1) is 0 Å². The number of aliphatic imine (C=N–C) groups is 1. The van der Waals surface area contributed by atoms with E-state index in [1.54, 1.807) is 30.5 Å². The van der Waals surface area contributed by atoms with Crippen LogP contribution in [-0.4, -0.2) is 59.5 Å². The molecule has 0 aliphatic carbocycles. The molecule has 0 bridgehead atoms. The van der Waals surface area contributed by atoms with Crippen LogP contribution in [0.25, 0.3) is 6.08 Å². The van der Waals surface area contributed by atoms with Crippen molar-refractivity contribution in [2.75, 3.05) is 32.0 Å². The number of fused-ring (bicyclic) bond motifs is 2. The Labute approximate surface area is 249 Å². The molecule has 1 aromatic heterocycles. The van der Waals surface area contributed by atoms with Crippen molar-refractivity contribution in [1.29, 1.82) is 0 Å². The highest BCUT2D eigenvalue weighted by Gasteiger charge is 2.19. The number of hydrogen-bond acceptors (Lipinski definition) is 7. The highest BCUT2D eigenvalue weighted by atomic mass is 16.1. The van der Waals surface area contributed by atoms with E-state index >= 15 is 0 Å². The standard InChI is InChI=1S/C27H25N5O2.C7H17N/c28-26-11-19(17-33)10-20-6-7-21(13-25(20)31-26)27(34)30-23-12-22-16-32(9-8-24(22)29-14-23)15-18-4-2-1-3-5-18;1-4-6-8(3)7-5-2/h1-7,10,12-14,17H,8-9,11,15-16H2,(H2,28,31)(H,30,34);4-7H2,1-3H3. The molecule has 42 heavy (non-hydrogen) atoms. The van der Waals surface area contributed by atoms with Crippen LogP contribution in [0.4, 0.5) is 11.4 Å². The van der Waals surface area contributed by atoms with Crippen LogP contribution >= 0.6 is 0 Å². The summed E-state index contributed by atoms with van der Waals surface area (Å²) >= 11 is 0. The van der Waals surface area contributed by atoms with Crippen molar-refractivity contribution in [3.63, 3.8) is 0 Å². The van der Waals surface area contributed by atoms with Crippen LogP contribution in [0.2, 0.25) is 0 Å². The molecule has 0 unspecified atom stereocenters. The number of benzene rings is 2. The Morgan fingerprint density at radius 3 is 2.57 bits per heavy atom. The largest absolute Gasteiger partial charge is 0.387 e. The molecular formula is C34H42N6O2. The smallest absolute Gasteiger partial charge is 0.255 e. The van der Waals surface area contributed by atoms with Crippen LogP contribution in [0.1, 0.15) is 65.9 Å². The molecule has 0 saturated heterocycles. The molecule has 2 aliphatic heterocycles. The number of aldehydes is 1. The fraction of sp³-hybridized carbons (Fsp3) is 0.353. The molecule has 3 N–H and O–H groups in total. The normalized spacial score (nSPS) is 14.4. The lowest BCUT2D eigenvalue weighted by Crippen LogP contribution is -2.30. The third-order valence-corrected chi connectivity index (χ3v) is 7.27. The first-order valence-corrected chi connectivity index (χ1v) is 14.7. The lowest BCUT2D eigenvalue weighted by molar-refractivity contribution is -0.104. The second-order valence-electron chi connectivity index (χ2n) is 10.9. The minimum atomic E-state index is -0.251. The maximum absolute atomic E-state index is 13.0. The predicted molar refractivity (Wildman–Crippen MR) is 171 cm³/mol. The average Bonchev–Trinajstić information content (AvgIpc) is 3.15. The molecule has 0 spiro atoms. The Morgan fingerprint density at radius 2 is 1.86 bits per heavy atom. The van der Waals surface area contributed by atoms with Gasteiger partial charge in [0, 0.05) is 54.9 Å². The summed E-state index contributed by atoms with van der Waals surface area (Å²) in [5.41, 5.74) is 12.4. The fourth-order valence-electron chi connectivity index (χ4n) is 5.24. The fourth-order valence-corrected chi connectivity index (χ4v) is 5.24. The van der Waals surface area contributed by atoms with Crippen molar-refractivity contribution in [2.45, 2.75) is 52.6 Å². The van der Waals surface area contributed by atoms with Gasteiger partial charge in [-0.2, -0.15) is 0 Å². The Bertz CT molecular complexity index is 1430. The molecule has 5 rings (SSSR count). The third kappa shape index (κ3) is 8.68. The van der Waals surface area contributed by atoms with E-state index in [0.717, 1.165) is 49.2 Å². The summed E-state index contributed by atoms with van der Waals surface area (Å²) in [6.45, 7) is 9.55. The van der Waals surface area contributed by atoms with Crippen LogP contribution < -0.4 is 11.1 Å². The summed E-state index contributed by atoms with van der Waals surface area (Å²) in [5.74, 6) is 0.0905. The van der Waals surface area contributed by atoms with E-state index in [4.69, 9.17) is 5.73 Å². The van der Waals surface area contributed by atoms with E-state index in [1.165, 1.54) is 31.5 Å². The van der Waals surface area contributed by atoms with Gasteiger partial charge in [0.15, 0.2) is 0 Å². The zero-order chi connectivity index (χ0) is 29.9. The van der Waals surface area contributed by atoms with Gasteiger partial charge in [0.25, 0.3) is 5.91 Å². The zero-order valence-corrected chi connectivity index (χ0v) is 25.0. The van der Waals surface area contributed by atoms with Gasteiger partial charge in [-0.3, -0.25) is 19.5 Å². The second-order valence-corrected chi connectivity index (χ2v) is 10.9. The van der Waals surface area contributed by atoms with Crippen molar-refractivity contribution in [3.8, 4) is 0 Å². The second kappa shape index (κ2) is 15.2. The van der Waals surface area contributed by atoms with Crippen LogP contribution in [0, 0.1) is 0 Å². The van der Waals surface area contributed by atoms with Crippen molar-refractivity contribution in [2.24, 2.45) is 10.7 Å². The summed E-state index contributed by atoms with van der Waals surface area (Å²) in [6, 6.07) is 17.6. The third-order valence-electron chi connectivity index (χ3n) is 7.27. The molecule has 8 nitrogen and oxygen atoms in total. The highest BCUT2D eigenvalue weighted by molar-refractivity contribution is 6.06. The summed E-state index contributed by atoms with van der Waals surface area (Å²) < 4.78 is 0. The Morgan fingerprint density at radius 1 is 1.10 bits per heavy atom. The van der Waals surface area contributed by atoms with Gasteiger partial charge in [0.2, 0.25) is 0 Å². The summed E-state index contributed by atoms with van der Waals surface area (Å²) in [6.07, 6.45) is 7.97. The van der Waals surface area contributed by atoms with Crippen LogP contribution in [0.5, 0.6) is 0 Å². The van der Waals surface area contributed by atoms with E-state index in [2.05, 4.69) is 70.3 Å². The van der Waals surface area contributed by atoms with Crippen molar-refractivity contribution >= 4 is 35.5 Å². The number of nitrogens with two attached hydrogens (primary N) is 1. The molecule has 8 heteroatoms. The molecule has 1 amide bonds. The van der Waals surface area contributed by atoms with Crippen LogP contribution in [-0.2, 0) is 24.3 Å². The lowest BCUT2D eigenvalue weighted by atomic mass is 10.0. The number of pyridine rings is 1. The number of aromatic nitrogens is 1. The Hall–Kier alpha value is -4.14. The van der Waals surface area contributed by atoms with E-state index in [-0.39, 0.29) is 5.91 Å². The Balaban J connectivity index is 0.000000446. The number of carbonyl (C=O) groups excluding carboxylic acids is 2. The topological polar surface area (TPSA) is 104 Å². The first kappa shape index (κ1) is 30.8. The van der Waals surface area contributed by atoms with Gasteiger partial charge < -0.3 is 16.0 Å². The van der Waals surface area contributed by atoms with E-state index < -0.39 is 0 Å². The molecule has 0 fully saturated rings. The molecular weight excluding hydrogens is 524 g/mol. The number of carbonyl (C=O) groups is 2. The number of nitrogens with zero attached hydrogens (tertiary/aromatic N) is 4. The van der Waals surface area contributed by atoms with Crippen LogP contribution in [0.15, 0.2) is 71.4 Å². The molecule has 0 saturated carbocycles. The predicted octanol–water partition coefficient (Wildman–Crippen LogP) is 5.61. The van der Waals surface area contributed by atoms with E-state index in [1.807, 2.05) is 12.1 Å². The number of amides is 1. The lowest BCUT2D eigenvalue weighted by Gasteiger charge is -2.28. The molecule has 2 aliphatic rings. The summed E-state index contributed by atoms with van der Waals surface area (Å²) in [5, 5.41) is 2.96. The first-order chi connectivity index (χ1) is 20.4. The maximum Gasteiger partial charge on any atom is 0.255 e. The van der Waals surface area contributed by atoms with Crippen molar-refractivity contribution in [3.05, 3.63) is 94.3 Å². The highest BCUT2D eigenvalue weighted by Crippen LogP contribution is 2.28. The molecule has 0 radical (unpaired) electrons. The van der Waals surface area contributed by atoms with Gasteiger partial charge in [-0.05, 0) is 68.4 Å². The quantitative estimate of drug-likeness (QED) is 0.327. The van der Waals surface area contributed by atoms with E-state index in [9.17, 15) is 9.59 Å². The molecule has 0 atom stereocenters. The molecule has 3 heterocycles. The van der Waals surface area contributed by atoms with Gasteiger partial charge >= 0.3 is 0 Å². The van der Waals surface area contributed by atoms with Crippen LogP contribution in [0.3, 0.4) is 0 Å². The minimum Gasteiger partial charge on any atom is -0.387 e. The van der Waals surface area contributed by atoms with E-state index in [0.29, 0.717) is 34.8 Å². The number of nitrogens with one attached hydrogen (secondary N) is 1. The molecule has 3 aromatic rings. The maximum atomic E-state index is 13.0. The zero-order valence-electron chi connectivity index (χ0n) is 25.0. The van der Waals surface area contributed by atoms with Crippen molar-refractivity contribution < 1.29 is 9.59 Å². The number of rotatable bonds is 9.